The molecule has 4 nitrogen and oxygen atoms in total. The molecule has 2 rings (SSSR count). The summed E-state index contributed by atoms with van der Waals surface area (Å²) in [6.45, 7) is 8.34. The SMILES string of the molecule is CCN(CCNC(=NC)NCc1cccc(C)c1)C1CC1.I. The standard InChI is InChI=1S/C17H28N4.HI/c1-4-21(16-8-9-16)11-10-19-17(18-3)20-13-15-7-5-6-14(2)12-15;/h5-7,12,16H,4,8-11,13H2,1-3H3,(H2,18,19,20);1H. The maximum atomic E-state index is 4.28. The third-order valence-corrected chi connectivity index (χ3v) is 3.93. The second kappa shape index (κ2) is 10.0. The average molecular weight is 416 g/mol. The number of aliphatic imine (C=N–C) groups is 1. The molecule has 1 aliphatic carbocycles. The van der Waals surface area contributed by atoms with Crippen LogP contribution < -0.4 is 10.6 Å². The highest BCUT2D eigenvalue weighted by Crippen LogP contribution is 2.25. The van der Waals surface area contributed by atoms with Gasteiger partial charge in [-0.2, -0.15) is 0 Å². The van der Waals surface area contributed by atoms with Crippen LogP contribution in [0.1, 0.15) is 30.9 Å². The summed E-state index contributed by atoms with van der Waals surface area (Å²) in [6.07, 6.45) is 2.74. The average Bonchev–Trinajstić information content (AvgIpc) is 3.31. The molecule has 0 saturated heterocycles. The van der Waals surface area contributed by atoms with Gasteiger partial charge in [-0.1, -0.05) is 36.8 Å². The van der Waals surface area contributed by atoms with Crippen molar-refractivity contribution < 1.29 is 0 Å². The van der Waals surface area contributed by atoms with Crippen LogP contribution in [0.15, 0.2) is 29.3 Å². The first-order valence-electron chi connectivity index (χ1n) is 7.97. The van der Waals surface area contributed by atoms with Crippen molar-refractivity contribution in [2.24, 2.45) is 4.99 Å². The number of aryl methyl sites for hydroxylation is 1. The topological polar surface area (TPSA) is 39.7 Å². The summed E-state index contributed by atoms with van der Waals surface area (Å²) < 4.78 is 0. The van der Waals surface area contributed by atoms with Gasteiger partial charge in [0.2, 0.25) is 0 Å². The van der Waals surface area contributed by atoms with E-state index in [4.69, 9.17) is 0 Å². The number of nitrogens with one attached hydrogen (secondary N) is 2. The van der Waals surface area contributed by atoms with Crippen molar-refractivity contribution >= 4 is 29.9 Å². The van der Waals surface area contributed by atoms with Crippen molar-refractivity contribution in [3.05, 3.63) is 35.4 Å². The molecule has 0 atom stereocenters. The molecule has 1 aromatic rings. The zero-order valence-corrected chi connectivity index (χ0v) is 16.3. The summed E-state index contributed by atoms with van der Waals surface area (Å²) in [4.78, 5) is 6.83. The lowest BCUT2D eigenvalue weighted by Gasteiger charge is -2.20. The van der Waals surface area contributed by atoms with Gasteiger partial charge in [0.15, 0.2) is 5.96 Å². The molecule has 22 heavy (non-hydrogen) atoms. The van der Waals surface area contributed by atoms with Crippen molar-refractivity contribution in [3.8, 4) is 0 Å². The van der Waals surface area contributed by atoms with Gasteiger partial charge in [0, 0.05) is 32.7 Å². The predicted molar refractivity (Wildman–Crippen MR) is 105 cm³/mol. The second-order valence-corrected chi connectivity index (χ2v) is 5.70. The lowest BCUT2D eigenvalue weighted by molar-refractivity contribution is 0.282. The van der Waals surface area contributed by atoms with Gasteiger partial charge >= 0.3 is 0 Å². The number of hydrogen-bond acceptors (Lipinski definition) is 2. The number of guanidine groups is 1. The van der Waals surface area contributed by atoms with Crippen molar-refractivity contribution in [1.29, 1.82) is 0 Å². The van der Waals surface area contributed by atoms with E-state index in [0.29, 0.717) is 0 Å². The molecule has 1 aliphatic rings. The number of benzene rings is 1. The van der Waals surface area contributed by atoms with E-state index < -0.39 is 0 Å². The highest BCUT2D eigenvalue weighted by atomic mass is 127. The second-order valence-electron chi connectivity index (χ2n) is 5.70. The third-order valence-electron chi connectivity index (χ3n) is 3.93. The van der Waals surface area contributed by atoms with Crippen molar-refractivity contribution in [1.82, 2.24) is 15.5 Å². The Kier molecular flexibility index (Phi) is 8.78. The lowest BCUT2D eigenvalue weighted by atomic mass is 10.1. The Balaban J connectivity index is 0.00000242. The van der Waals surface area contributed by atoms with Crippen molar-refractivity contribution in [2.75, 3.05) is 26.7 Å². The van der Waals surface area contributed by atoms with Crippen LogP contribution in [0.4, 0.5) is 0 Å². The van der Waals surface area contributed by atoms with Gasteiger partial charge < -0.3 is 10.6 Å². The largest absolute Gasteiger partial charge is 0.355 e. The van der Waals surface area contributed by atoms with E-state index in [1.165, 1.54) is 24.0 Å². The number of nitrogens with zero attached hydrogens (tertiary/aromatic N) is 2. The number of likely N-dealkylation sites (N-methyl/N-ethyl adjacent to an activating group) is 1. The van der Waals surface area contributed by atoms with E-state index in [-0.39, 0.29) is 24.0 Å². The number of hydrogen-bond donors (Lipinski definition) is 2. The molecule has 0 aliphatic heterocycles. The lowest BCUT2D eigenvalue weighted by Crippen LogP contribution is -2.41. The zero-order chi connectivity index (χ0) is 15.1. The van der Waals surface area contributed by atoms with Crippen LogP contribution in [0.25, 0.3) is 0 Å². The molecule has 2 N–H and O–H groups in total. The molecule has 0 bridgehead atoms. The summed E-state index contributed by atoms with van der Waals surface area (Å²) in [5.74, 6) is 0.878. The van der Waals surface area contributed by atoms with Crippen LogP contribution in [-0.2, 0) is 6.54 Å². The predicted octanol–water partition coefficient (Wildman–Crippen LogP) is 2.76. The van der Waals surface area contributed by atoms with Crippen LogP contribution >= 0.6 is 24.0 Å². The Morgan fingerprint density at radius 3 is 2.68 bits per heavy atom. The Hall–Kier alpha value is -0.820. The normalized spacial score (nSPS) is 14.6. The molecule has 5 heteroatoms. The van der Waals surface area contributed by atoms with E-state index in [1.807, 2.05) is 7.05 Å². The van der Waals surface area contributed by atoms with Gasteiger partial charge in [0.05, 0.1) is 0 Å². The molecule has 1 fully saturated rings. The molecule has 1 saturated carbocycles. The van der Waals surface area contributed by atoms with Crippen molar-refractivity contribution in [2.45, 2.75) is 39.3 Å². The zero-order valence-electron chi connectivity index (χ0n) is 13.9. The molecule has 0 heterocycles. The highest BCUT2D eigenvalue weighted by Gasteiger charge is 2.27. The smallest absolute Gasteiger partial charge is 0.191 e. The summed E-state index contributed by atoms with van der Waals surface area (Å²) in [7, 11) is 1.82. The van der Waals surface area contributed by atoms with Crippen LogP contribution in [0.2, 0.25) is 0 Å². The molecule has 0 radical (unpaired) electrons. The fraction of sp³-hybridized carbons (Fsp3) is 0.588. The van der Waals surface area contributed by atoms with Crippen LogP contribution in [0.5, 0.6) is 0 Å². The summed E-state index contributed by atoms with van der Waals surface area (Å²) in [6, 6.07) is 9.38. The van der Waals surface area contributed by atoms with Gasteiger partial charge in [-0.15, -0.1) is 24.0 Å². The molecule has 0 aromatic heterocycles. The number of halogens is 1. The molecule has 0 amide bonds. The minimum Gasteiger partial charge on any atom is -0.355 e. The molecular weight excluding hydrogens is 387 g/mol. The summed E-state index contributed by atoms with van der Waals surface area (Å²) in [5, 5.41) is 6.77. The minimum absolute atomic E-state index is 0. The fourth-order valence-corrected chi connectivity index (χ4v) is 2.58. The van der Waals surface area contributed by atoms with Gasteiger partial charge in [0.1, 0.15) is 0 Å². The monoisotopic (exact) mass is 416 g/mol. The maximum Gasteiger partial charge on any atom is 0.191 e. The molecule has 124 valence electrons. The highest BCUT2D eigenvalue weighted by molar-refractivity contribution is 14.0. The number of rotatable bonds is 7. The fourth-order valence-electron chi connectivity index (χ4n) is 2.58. The first-order chi connectivity index (χ1) is 10.2. The van der Waals surface area contributed by atoms with Gasteiger partial charge in [-0.05, 0) is 31.9 Å². The summed E-state index contributed by atoms with van der Waals surface area (Å²) >= 11 is 0. The minimum atomic E-state index is 0. The Bertz CT molecular complexity index is 471. The van der Waals surface area contributed by atoms with Crippen molar-refractivity contribution in [3.63, 3.8) is 0 Å². The Morgan fingerprint density at radius 1 is 1.32 bits per heavy atom. The quantitative estimate of drug-likeness (QED) is 0.408. The molecular formula is C17H29IN4. The van der Waals surface area contributed by atoms with Gasteiger partial charge in [-0.25, -0.2) is 0 Å². The van der Waals surface area contributed by atoms with E-state index in [2.05, 4.69) is 58.6 Å². The summed E-state index contributed by atoms with van der Waals surface area (Å²) in [5.41, 5.74) is 2.58. The van der Waals surface area contributed by atoms with E-state index >= 15 is 0 Å². The first-order valence-corrected chi connectivity index (χ1v) is 7.97. The molecule has 1 aromatic carbocycles. The first kappa shape index (κ1) is 19.2. The third kappa shape index (κ3) is 6.52. The van der Waals surface area contributed by atoms with Crippen LogP contribution in [0, 0.1) is 6.92 Å². The van der Waals surface area contributed by atoms with Crippen LogP contribution in [0.3, 0.4) is 0 Å². The van der Waals surface area contributed by atoms with Crippen LogP contribution in [-0.4, -0.2) is 43.6 Å². The maximum absolute atomic E-state index is 4.28. The van der Waals surface area contributed by atoms with E-state index in [9.17, 15) is 0 Å². The molecule has 0 unspecified atom stereocenters. The van der Waals surface area contributed by atoms with E-state index in [1.54, 1.807) is 0 Å². The molecule has 0 spiro atoms. The van der Waals surface area contributed by atoms with Gasteiger partial charge in [-0.3, -0.25) is 9.89 Å². The Labute approximate surface area is 151 Å². The van der Waals surface area contributed by atoms with E-state index in [0.717, 1.165) is 38.2 Å². The Morgan fingerprint density at radius 2 is 2.09 bits per heavy atom. The van der Waals surface area contributed by atoms with Gasteiger partial charge in [0.25, 0.3) is 0 Å².